The molecule has 1 aromatic carbocycles. The maximum atomic E-state index is 12.8. The molecule has 0 radical (unpaired) electrons. The maximum Gasteiger partial charge on any atom is 0.134 e. The average molecular weight is 260 g/mol. The zero-order chi connectivity index (χ0) is 9.97. The molecule has 0 saturated carbocycles. The van der Waals surface area contributed by atoms with Crippen LogP contribution in [0.25, 0.3) is 0 Å². The molecule has 1 saturated heterocycles. The topological polar surface area (TPSA) is 21.3 Å². The van der Waals surface area contributed by atoms with Crippen molar-refractivity contribution in [3.05, 3.63) is 28.5 Å². The van der Waals surface area contributed by atoms with Gasteiger partial charge in [0.2, 0.25) is 0 Å². The van der Waals surface area contributed by atoms with E-state index in [1.165, 1.54) is 12.1 Å². The van der Waals surface area contributed by atoms with E-state index in [0.29, 0.717) is 10.2 Å². The highest BCUT2D eigenvalue weighted by atomic mass is 79.9. The van der Waals surface area contributed by atoms with Crippen molar-refractivity contribution >= 4 is 15.9 Å². The third-order valence-electron chi connectivity index (χ3n) is 2.20. The van der Waals surface area contributed by atoms with Gasteiger partial charge in [0, 0.05) is 6.54 Å². The molecule has 1 atom stereocenters. The van der Waals surface area contributed by atoms with Crippen molar-refractivity contribution in [3.63, 3.8) is 0 Å². The quantitative estimate of drug-likeness (QED) is 0.881. The summed E-state index contributed by atoms with van der Waals surface area (Å²) in [7, 11) is 0. The zero-order valence-electron chi connectivity index (χ0n) is 7.59. The number of rotatable bonds is 2. The fraction of sp³-hybridized carbons (Fsp3) is 0.400. The highest BCUT2D eigenvalue weighted by molar-refractivity contribution is 9.10. The van der Waals surface area contributed by atoms with Crippen molar-refractivity contribution in [2.75, 3.05) is 13.1 Å². The molecule has 1 aliphatic heterocycles. The molecule has 4 heteroatoms. The minimum absolute atomic E-state index is 0.205. The summed E-state index contributed by atoms with van der Waals surface area (Å²) in [5.74, 6) is 0.453. The van der Waals surface area contributed by atoms with Crippen molar-refractivity contribution in [2.45, 2.75) is 12.5 Å². The van der Waals surface area contributed by atoms with Crippen LogP contribution in [0.15, 0.2) is 22.7 Å². The number of hydrogen-bond donors (Lipinski definition) is 1. The van der Waals surface area contributed by atoms with Gasteiger partial charge in [-0.1, -0.05) is 0 Å². The second kappa shape index (κ2) is 4.28. The van der Waals surface area contributed by atoms with Gasteiger partial charge in [0.25, 0.3) is 0 Å². The molecule has 1 aliphatic rings. The standard InChI is InChI=1S/C10H11BrFNO/c11-9-5-7(12)1-2-10(9)14-8-3-4-13-6-8/h1-2,5,8,13H,3-4,6H2/t8-/m1/s1. The van der Waals surface area contributed by atoms with Crippen LogP contribution in [0.3, 0.4) is 0 Å². The van der Waals surface area contributed by atoms with E-state index in [-0.39, 0.29) is 11.9 Å². The van der Waals surface area contributed by atoms with Gasteiger partial charge in [-0.3, -0.25) is 0 Å². The number of hydrogen-bond acceptors (Lipinski definition) is 2. The van der Waals surface area contributed by atoms with Gasteiger partial charge in [-0.15, -0.1) is 0 Å². The summed E-state index contributed by atoms with van der Waals surface area (Å²) in [5.41, 5.74) is 0. The van der Waals surface area contributed by atoms with E-state index in [0.717, 1.165) is 19.5 Å². The maximum absolute atomic E-state index is 12.8. The average Bonchev–Trinajstić information content (AvgIpc) is 2.62. The van der Waals surface area contributed by atoms with Gasteiger partial charge in [0.15, 0.2) is 0 Å². The van der Waals surface area contributed by atoms with Crippen LogP contribution in [0.2, 0.25) is 0 Å². The summed E-state index contributed by atoms with van der Waals surface area (Å²) in [4.78, 5) is 0. The first-order chi connectivity index (χ1) is 6.75. The second-order valence-electron chi connectivity index (χ2n) is 3.31. The van der Waals surface area contributed by atoms with E-state index in [2.05, 4.69) is 21.2 Å². The second-order valence-corrected chi connectivity index (χ2v) is 4.16. The molecule has 0 bridgehead atoms. The summed E-state index contributed by atoms with van der Waals surface area (Å²) >= 11 is 3.27. The van der Waals surface area contributed by atoms with Crippen molar-refractivity contribution in [1.29, 1.82) is 0 Å². The summed E-state index contributed by atoms with van der Waals surface area (Å²) in [6.07, 6.45) is 1.21. The van der Waals surface area contributed by atoms with Crippen LogP contribution in [0.5, 0.6) is 5.75 Å². The predicted molar refractivity (Wildman–Crippen MR) is 56.0 cm³/mol. The van der Waals surface area contributed by atoms with E-state index in [4.69, 9.17) is 4.74 Å². The first-order valence-corrected chi connectivity index (χ1v) is 5.37. The Hall–Kier alpha value is -0.610. The summed E-state index contributed by atoms with van der Waals surface area (Å²) in [5, 5.41) is 3.21. The minimum atomic E-state index is -0.256. The third kappa shape index (κ3) is 2.25. The van der Waals surface area contributed by atoms with Crippen molar-refractivity contribution < 1.29 is 9.13 Å². The van der Waals surface area contributed by atoms with Crippen LogP contribution >= 0.6 is 15.9 Å². The van der Waals surface area contributed by atoms with Crippen LogP contribution in [0.1, 0.15) is 6.42 Å². The van der Waals surface area contributed by atoms with Gasteiger partial charge in [-0.2, -0.15) is 0 Å². The SMILES string of the molecule is Fc1ccc(O[C@@H]2CCNC2)c(Br)c1. The normalized spacial score (nSPS) is 21.1. The smallest absolute Gasteiger partial charge is 0.134 e. The number of halogens is 2. The Morgan fingerprint density at radius 1 is 1.50 bits per heavy atom. The van der Waals surface area contributed by atoms with Crippen LogP contribution in [-0.2, 0) is 0 Å². The van der Waals surface area contributed by atoms with E-state index in [1.54, 1.807) is 6.07 Å². The summed E-state index contributed by atoms with van der Waals surface area (Å²) in [6.45, 7) is 1.85. The number of ether oxygens (including phenoxy) is 1. The molecule has 2 nitrogen and oxygen atoms in total. The molecule has 0 amide bonds. The van der Waals surface area contributed by atoms with Crippen LogP contribution in [-0.4, -0.2) is 19.2 Å². The molecular formula is C10H11BrFNO. The van der Waals surface area contributed by atoms with Gasteiger partial charge >= 0.3 is 0 Å². The Morgan fingerprint density at radius 2 is 2.36 bits per heavy atom. The van der Waals surface area contributed by atoms with Gasteiger partial charge in [0.1, 0.15) is 17.7 Å². The Bertz CT molecular complexity index is 326. The minimum Gasteiger partial charge on any atom is -0.488 e. The van der Waals surface area contributed by atoms with E-state index >= 15 is 0 Å². The van der Waals surface area contributed by atoms with E-state index < -0.39 is 0 Å². The monoisotopic (exact) mass is 259 g/mol. The largest absolute Gasteiger partial charge is 0.488 e. The number of nitrogens with one attached hydrogen (secondary N) is 1. The Labute approximate surface area is 90.6 Å². The summed E-state index contributed by atoms with van der Waals surface area (Å²) in [6, 6.07) is 4.47. The van der Waals surface area contributed by atoms with Crippen molar-refractivity contribution in [2.24, 2.45) is 0 Å². The van der Waals surface area contributed by atoms with E-state index in [9.17, 15) is 4.39 Å². The predicted octanol–water partition coefficient (Wildman–Crippen LogP) is 2.33. The molecule has 76 valence electrons. The number of benzene rings is 1. The molecule has 2 rings (SSSR count). The van der Waals surface area contributed by atoms with Crippen LogP contribution in [0, 0.1) is 5.82 Å². The molecule has 0 aromatic heterocycles. The summed E-state index contributed by atoms with van der Waals surface area (Å²) < 4.78 is 19.1. The lowest BCUT2D eigenvalue weighted by Gasteiger charge is -2.13. The molecule has 1 heterocycles. The zero-order valence-corrected chi connectivity index (χ0v) is 9.18. The lowest BCUT2D eigenvalue weighted by atomic mass is 10.3. The molecular weight excluding hydrogens is 249 g/mol. The molecule has 0 spiro atoms. The molecule has 1 N–H and O–H groups in total. The van der Waals surface area contributed by atoms with Crippen LogP contribution in [0.4, 0.5) is 4.39 Å². The fourth-order valence-electron chi connectivity index (χ4n) is 1.48. The molecule has 1 fully saturated rings. The van der Waals surface area contributed by atoms with Crippen molar-refractivity contribution in [1.82, 2.24) is 5.32 Å². The highest BCUT2D eigenvalue weighted by Crippen LogP contribution is 2.27. The Kier molecular flexibility index (Phi) is 3.03. The molecule has 0 aliphatic carbocycles. The first kappa shape index (κ1) is 9.93. The molecule has 1 aromatic rings. The highest BCUT2D eigenvalue weighted by Gasteiger charge is 2.16. The lowest BCUT2D eigenvalue weighted by Crippen LogP contribution is -2.19. The first-order valence-electron chi connectivity index (χ1n) is 4.58. The van der Waals surface area contributed by atoms with Gasteiger partial charge < -0.3 is 10.1 Å². The Balaban J connectivity index is 2.08. The van der Waals surface area contributed by atoms with Gasteiger partial charge in [-0.05, 0) is 47.1 Å². The van der Waals surface area contributed by atoms with E-state index in [1.807, 2.05) is 0 Å². The molecule has 14 heavy (non-hydrogen) atoms. The Morgan fingerprint density at radius 3 is 3.00 bits per heavy atom. The van der Waals surface area contributed by atoms with Crippen molar-refractivity contribution in [3.8, 4) is 5.75 Å². The third-order valence-corrected chi connectivity index (χ3v) is 2.82. The lowest BCUT2D eigenvalue weighted by molar-refractivity contribution is 0.221. The van der Waals surface area contributed by atoms with Crippen LogP contribution < -0.4 is 10.1 Å². The fourth-order valence-corrected chi connectivity index (χ4v) is 1.92. The van der Waals surface area contributed by atoms with Gasteiger partial charge in [0.05, 0.1) is 4.47 Å². The molecule has 0 unspecified atom stereocenters. The van der Waals surface area contributed by atoms with Gasteiger partial charge in [-0.25, -0.2) is 4.39 Å².